The molecule has 1 unspecified atom stereocenters. The van der Waals surface area contributed by atoms with Crippen molar-refractivity contribution in [3.05, 3.63) is 24.5 Å². The van der Waals surface area contributed by atoms with Gasteiger partial charge in [0.15, 0.2) is 0 Å². The third-order valence-electron chi connectivity index (χ3n) is 1.52. The van der Waals surface area contributed by atoms with E-state index in [1.807, 2.05) is 29.9 Å². The highest BCUT2D eigenvalue weighted by Gasteiger charge is 1.99. The number of hydrogen-bond donors (Lipinski definition) is 1. The van der Waals surface area contributed by atoms with E-state index in [1.54, 1.807) is 6.20 Å². The molecule has 0 aliphatic rings. The van der Waals surface area contributed by atoms with E-state index in [1.165, 1.54) is 12.6 Å². The van der Waals surface area contributed by atoms with Crippen LogP contribution < -0.4 is 4.72 Å². The van der Waals surface area contributed by atoms with Crippen molar-refractivity contribution in [1.82, 2.24) is 4.98 Å². The molecule has 1 aromatic rings. The highest BCUT2D eigenvalue weighted by atomic mass is 32.7. The lowest BCUT2D eigenvalue weighted by Crippen LogP contribution is -1.86. The smallest absolute Gasteiger partial charge is 0.0628 e. The number of anilines is 1. The topological polar surface area (TPSA) is 24.9 Å². The van der Waals surface area contributed by atoms with Gasteiger partial charge in [-0.3, -0.25) is 4.98 Å². The van der Waals surface area contributed by atoms with E-state index in [0.29, 0.717) is 0 Å². The van der Waals surface area contributed by atoms with Crippen LogP contribution in [0.2, 0.25) is 0 Å². The molecule has 72 valence electrons. The average molecular weight is 214 g/mol. The zero-order chi connectivity index (χ0) is 9.52. The van der Waals surface area contributed by atoms with Crippen molar-refractivity contribution in [3.63, 3.8) is 0 Å². The van der Waals surface area contributed by atoms with Crippen LogP contribution in [0.5, 0.6) is 0 Å². The van der Waals surface area contributed by atoms with Crippen molar-refractivity contribution in [2.24, 2.45) is 0 Å². The first-order chi connectivity index (χ1) is 6.33. The maximum Gasteiger partial charge on any atom is 0.0628 e. The summed E-state index contributed by atoms with van der Waals surface area (Å²) in [4.78, 5) is 4.04. The van der Waals surface area contributed by atoms with Crippen molar-refractivity contribution >= 4 is 24.4 Å². The SMILES string of the molecule is CCCP(C)SNc1cccnc1. The standard InChI is InChI=1S/C9H15N2PS/c1-3-7-12(2)13-11-9-5-4-6-10-8-9/h4-6,8,11H,3,7H2,1-2H3. The van der Waals surface area contributed by atoms with Crippen LogP contribution >= 0.6 is 18.7 Å². The minimum absolute atomic E-state index is 0.0734. The maximum absolute atomic E-state index is 4.04. The van der Waals surface area contributed by atoms with Gasteiger partial charge in [0.1, 0.15) is 0 Å². The first-order valence-electron chi connectivity index (χ1n) is 4.37. The number of nitrogens with one attached hydrogen (secondary N) is 1. The Balaban J connectivity index is 2.27. The molecule has 1 rings (SSSR count). The summed E-state index contributed by atoms with van der Waals surface area (Å²) in [5.41, 5.74) is 1.10. The number of hydrogen-bond acceptors (Lipinski definition) is 3. The molecule has 1 N–H and O–H groups in total. The van der Waals surface area contributed by atoms with Gasteiger partial charge in [-0.15, -0.1) is 0 Å². The van der Waals surface area contributed by atoms with Gasteiger partial charge in [0.25, 0.3) is 0 Å². The predicted octanol–water partition coefficient (Wildman–Crippen LogP) is 3.58. The zero-order valence-electron chi connectivity index (χ0n) is 8.03. The van der Waals surface area contributed by atoms with Crippen LogP contribution in [0.25, 0.3) is 0 Å². The summed E-state index contributed by atoms with van der Waals surface area (Å²) in [6.45, 7) is 4.52. The van der Waals surface area contributed by atoms with Gasteiger partial charge in [-0.2, -0.15) is 0 Å². The Morgan fingerprint density at radius 1 is 1.62 bits per heavy atom. The Labute approximate surface area is 85.2 Å². The van der Waals surface area contributed by atoms with Crippen LogP contribution in [0.3, 0.4) is 0 Å². The first-order valence-corrected chi connectivity index (χ1v) is 7.76. The molecule has 0 amide bonds. The monoisotopic (exact) mass is 214 g/mol. The normalized spacial score (nSPS) is 12.5. The maximum atomic E-state index is 4.04. The van der Waals surface area contributed by atoms with Crippen molar-refractivity contribution in [1.29, 1.82) is 0 Å². The van der Waals surface area contributed by atoms with Gasteiger partial charge in [0.05, 0.1) is 11.9 Å². The highest BCUT2D eigenvalue weighted by Crippen LogP contribution is 2.45. The molecule has 13 heavy (non-hydrogen) atoms. The lowest BCUT2D eigenvalue weighted by molar-refractivity contribution is 1.10. The largest absolute Gasteiger partial charge is 0.325 e. The number of nitrogens with zero attached hydrogens (tertiary/aromatic N) is 1. The molecule has 0 radical (unpaired) electrons. The molecule has 1 atom stereocenters. The van der Waals surface area contributed by atoms with E-state index in [-0.39, 0.29) is 7.12 Å². The van der Waals surface area contributed by atoms with Crippen LogP contribution in [-0.2, 0) is 0 Å². The van der Waals surface area contributed by atoms with Crippen molar-refractivity contribution in [3.8, 4) is 0 Å². The van der Waals surface area contributed by atoms with Crippen LogP contribution in [0.15, 0.2) is 24.5 Å². The third kappa shape index (κ3) is 4.49. The van der Waals surface area contributed by atoms with Crippen LogP contribution in [0.4, 0.5) is 5.69 Å². The first kappa shape index (κ1) is 10.8. The highest BCUT2D eigenvalue weighted by molar-refractivity contribution is 8.56. The van der Waals surface area contributed by atoms with Gasteiger partial charge in [-0.05, 0) is 43.7 Å². The lowest BCUT2D eigenvalue weighted by Gasteiger charge is -2.10. The molecule has 0 saturated heterocycles. The van der Waals surface area contributed by atoms with Crippen molar-refractivity contribution in [2.75, 3.05) is 17.5 Å². The quantitative estimate of drug-likeness (QED) is 0.599. The van der Waals surface area contributed by atoms with E-state index in [9.17, 15) is 0 Å². The molecular formula is C9H15N2PS. The minimum Gasteiger partial charge on any atom is -0.325 e. The molecular weight excluding hydrogens is 199 g/mol. The van der Waals surface area contributed by atoms with Gasteiger partial charge < -0.3 is 4.72 Å². The Hall–Kier alpha value is -0.270. The predicted molar refractivity (Wildman–Crippen MR) is 63.5 cm³/mol. The van der Waals surface area contributed by atoms with Gasteiger partial charge in [-0.25, -0.2) is 0 Å². The van der Waals surface area contributed by atoms with Crippen molar-refractivity contribution < 1.29 is 0 Å². The summed E-state index contributed by atoms with van der Waals surface area (Å²) < 4.78 is 3.31. The van der Waals surface area contributed by atoms with E-state index in [4.69, 9.17) is 0 Å². The Morgan fingerprint density at radius 3 is 3.08 bits per heavy atom. The summed E-state index contributed by atoms with van der Waals surface area (Å²) in [6, 6.07) is 3.98. The van der Waals surface area contributed by atoms with E-state index >= 15 is 0 Å². The fraction of sp³-hybridized carbons (Fsp3) is 0.444. The van der Waals surface area contributed by atoms with Crippen LogP contribution in [0, 0.1) is 0 Å². The Bertz CT molecular complexity index is 230. The lowest BCUT2D eigenvalue weighted by atomic mass is 10.4. The second-order valence-electron chi connectivity index (χ2n) is 2.79. The zero-order valence-corrected chi connectivity index (χ0v) is 9.74. The summed E-state index contributed by atoms with van der Waals surface area (Å²) in [5, 5.41) is 0. The second kappa shape index (κ2) is 6.22. The van der Waals surface area contributed by atoms with Crippen molar-refractivity contribution in [2.45, 2.75) is 13.3 Å². The van der Waals surface area contributed by atoms with E-state index < -0.39 is 0 Å². The van der Waals surface area contributed by atoms with E-state index in [0.717, 1.165) is 5.69 Å². The molecule has 4 heteroatoms. The third-order valence-corrected chi connectivity index (χ3v) is 4.99. The van der Waals surface area contributed by atoms with Gasteiger partial charge in [0.2, 0.25) is 0 Å². The average Bonchev–Trinajstić information content (AvgIpc) is 2.17. The van der Waals surface area contributed by atoms with Crippen LogP contribution in [-0.4, -0.2) is 17.8 Å². The number of aromatic nitrogens is 1. The molecule has 0 aromatic carbocycles. The molecule has 0 aliphatic carbocycles. The molecule has 0 aliphatic heterocycles. The fourth-order valence-corrected chi connectivity index (χ4v) is 3.62. The van der Waals surface area contributed by atoms with Gasteiger partial charge >= 0.3 is 0 Å². The Kier molecular flexibility index (Phi) is 5.18. The molecule has 1 heterocycles. The molecule has 0 spiro atoms. The van der Waals surface area contributed by atoms with E-state index in [2.05, 4.69) is 23.3 Å². The summed E-state index contributed by atoms with van der Waals surface area (Å²) in [7, 11) is 0.0734. The fourth-order valence-electron chi connectivity index (χ4n) is 0.914. The molecule has 1 aromatic heterocycles. The van der Waals surface area contributed by atoms with Crippen LogP contribution in [0.1, 0.15) is 13.3 Å². The molecule has 2 nitrogen and oxygen atoms in total. The number of pyridine rings is 1. The second-order valence-corrected chi connectivity index (χ2v) is 7.29. The summed E-state index contributed by atoms with van der Waals surface area (Å²) in [6.07, 6.45) is 6.22. The van der Waals surface area contributed by atoms with Gasteiger partial charge in [0, 0.05) is 6.20 Å². The molecule has 0 saturated carbocycles. The number of rotatable bonds is 5. The summed E-state index contributed by atoms with van der Waals surface area (Å²) >= 11 is 1.83. The molecule has 0 fully saturated rings. The summed E-state index contributed by atoms with van der Waals surface area (Å²) in [5.74, 6) is 0. The minimum atomic E-state index is 0.0734. The molecule has 0 bridgehead atoms. The van der Waals surface area contributed by atoms with Gasteiger partial charge in [-0.1, -0.05) is 13.3 Å². The Morgan fingerprint density at radius 2 is 2.46 bits per heavy atom.